The number of benzene rings is 1. The van der Waals surface area contributed by atoms with Gasteiger partial charge in [0.25, 0.3) is 0 Å². The molecule has 2 amide bonds. The van der Waals surface area contributed by atoms with Crippen LogP contribution in [0.5, 0.6) is 0 Å². The van der Waals surface area contributed by atoms with E-state index in [1.807, 2.05) is 29.2 Å². The lowest BCUT2D eigenvalue weighted by molar-refractivity contribution is -0.140. The zero-order valence-electron chi connectivity index (χ0n) is 15.8. The molecule has 6 heteroatoms. The first-order chi connectivity index (χ1) is 13.6. The Hall–Kier alpha value is -2.47. The van der Waals surface area contributed by atoms with Gasteiger partial charge >= 0.3 is 0 Å². The van der Waals surface area contributed by atoms with E-state index in [1.165, 1.54) is 4.88 Å². The highest BCUT2D eigenvalue weighted by Gasteiger charge is 2.46. The minimum atomic E-state index is -0.00360. The van der Waals surface area contributed by atoms with Gasteiger partial charge in [-0.3, -0.25) is 14.4 Å². The van der Waals surface area contributed by atoms with Gasteiger partial charge in [0.05, 0.1) is 0 Å². The summed E-state index contributed by atoms with van der Waals surface area (Å²) in [6, 6.07) is 13.2. The molecule has 0 bridgehead atoms. The Kier molecular flexibility index (Phi) is 5.57. The Labute approximate surface area is 169 Å². The molecule has 1 aliphatic carbocycles. The van der Waals surface area contributed by atoms with Crippen molar-refractivity contribution in [1.29, 1.82) is 0 Å². The standard InChI is InChI=1S/C22H24N2O3S/c25-19(16-5-2-1-3-6-16)8-9-21(26)23-10-12-24(13-11-23)22(27)18-15-17(18)20-7-4-14-28-20/h1-7,14,17-18H,8-13,15H2/t17-,18+/m0/s1. The van der Waals surface area contributed by atoms with Gasteiger partial charge in [-0.05, 0) is 17.9 Å². The third kappa shape index (κ3) is 4.17. The molecule has 1 saturated heterocycles. The van der Waals surface area contributed by atoms with E-state index in [0.29, 0.717) is 37.7 Å². The molecule has 5 nitrogen and oxygen atoms in total. The van der Waals surface area contributed by atoms with Gasteiger partial charge in [-0.25, -0.2) is 0 Å². The van der Waals surface area contributed by atoms with Gasteiger partial charge < -0.3 is 9.80 Å². The fourth-order valence-electron chi connectivity index (χ4n) is 3.84. The quantitative estimate of drug-likeness (QED) is 0.705. The Morgan fingerprint density at radius 2 is 1.61 bits per heavy atom. The summed E-state index contributed by atoms with van der Waals surface area (Å²) in [5.74, 6) is 0.723. The lowest BCUT2D eigenvalue weighted by Gasteiger charge is -2.35. The van der Waals surface area contributed by atoms with E-state index in [9.17, 15) is 14.4 Å². The highest BCUT2D eigenvalue weighted by molar-refractivity contribution is 7.10. The van der Waals surface area contributed by atoms with E-state index < -0.39 is 0 Å². The number of carbonyl (C=O) groups excluding carboxylic acids is 3. The summed E-state index contributed by atoms with van der Waals surface area (Å²) in [5, 5.41) is 2.06. The molecule has 0 spiro atoms. The van der Waals surface area contributed by atoms with Crippen LogP contribution < -0.4 is 0 Å². The average Bonchev–Trinajstić information content (AvgIpc) is 3.36. The Morgan fingerprint density at radius 1 is 0.893 bits per heavy atom. The van der Waals surface area contributed by atoms with E-state index in [-0.39, 0.29) is 36.4 Å². The summed E-state index contributed by atoms with van der Waals surface area (Å²) in [5.41, 5.74) is 0.649. The average molecular weight is 397 g/mol. The maximum atomic E-state index is 12.7. The smallest absolute Gasteiger partial charge is 0.226 e. The lowest BCUT2D eigenvalue weighted by Crippen LogP contribution is -2.51. The monoisotopic (exact) mass is 396 g/mol. The second-order valence-electron chi connectivity index (χ2n) is 7.46. The van der Waals surface area contributed by atoms with Crippen LogP contribution in [0.3, 0.4) is 0 Å². The van der Waals surface area contributed by atoms with Crippen molar-refractivity contribution in [2.75, 3.05) is 26.2 Å². The van der Waals surface area contributed by atoms with Crippen molar-refractivity contribution >= 4 is 28.9 Å². The third-order valence-corrected chi connectivity index (χ3v) is 6.63. The van der Waals surface area contributed by atoms with Crippen LogP contribution in [-0.2, 0) is 9.59 Å². The van der Waals surface area contributed by atoms with Crippen LogP contribution in [0.1, 0.15) is 40.4 Å². The highest BCUT2D eigenvalue weighted by atomic mass is 32.1. The molecule has 1 saturated carbocycles. The zero-order valence-corrected chi connectivity index (χ0v) is 16.6. The number of ketones is 1. The number of thiophene rings is 1. The number of nitrogens with zero attached hydrogens (tertiary/aromatic N) is 2. The predicted molar refractivity (Wildman–Crippen MR) is 108 cm³/mol. The minimum absolute atomic E-state index is 0.000681. The number of rotatable bonds is 6. The summed E-state index contributed by atoms with van der Waals surface area (Å²) < 4.78 is 0. The fraction of sp³-hybridized carbons (Fsp3) is 0.409. The molecule has 0 N–H and O–H groups in total. The second kappa shape index (κ2) is 8.27. The molecular formula is C22H24N2O3S. The van der Waals surface area contributed by atoms with Crippen molar-refractivity contribution in [3.05, 3.63) is 58.3 Å². The van der Waals surface area contributed by atoms with Crippen molar-refractivity contribution in [1.82, 2.24) is 9.80 Å². The molecule has 2 fully saturated rings. The normalized spacial score (nSPS) is 21.4. The second-order valence-corrected chi connectivity index (χ2v) is 8.44. The maximum Gasteiger partial charge on any atom is 0.226 e. The lowest BCUT2D eigenvalue weighted by atomic mass is 10.1. The molecule has 1 aromatic carbocycles. The first kappa shape index (κ1) is 18.9. The topological polar surface area (TPSA) is 57.7 Å². The van der Waals surface area contributed by atoms with Crippen LogP contribution in [0.4, 0.5) is 0 Å². The van der Waals surface area contributed by atoms with Crippen LogP contribution in [0, 0.1) is 5.92 Å². The van der Waals surface area contributed by atoms with Gasteiger partial charge in [-0.15, -0.1) is 11.3 Å². The number of carbonyl (C=O) groups is 3. The number of amides is 2. The Morgan fingerprint density at radius 3 is 2.29 bits per heavy atom. The summed E-state index contributed by atoms with van der Waals surface area (Å²) in [7, 11) is 0. The van der Waals surface area contributed by atoms with Crippen LogP contribution in [0.25, 0.3) is 0 Å². The minimum Gasteiger partial charge on any atom is -0.339 e. The van der Waals surface area contributed by atoms with Gasteiger partial charge in [-0.1, -0.05) is 36.4 Å². The first-order valence-corrected chi connectivity index (χ1v) is 10.7. The molecule has 2 aromatic rings. The summed E-state index contributed by atoms with van der Waals surface area (Å²) in [6.07, 6.45) is 1.40. The van der Waals surface area contributed by atoms with E-state index in [0.717, 1.165) is 6.42 Å². The molecule has 0 radical (unpaired) electrons. The van der Waals surface area contributed by atoms with E-state index in [4.69, 9.17) is 0 Å². The summed E-state index contributed by atoms with van der Waals surface area (Å²) in [4.78, 5) is 42.3. The molecule has 2 heterocycles. The number of piperazine rings is 1. The third-order valence-electron chi connectivity index (χ3n) is 5.62. The van der Waals surface area contributed by atoms with Crippen LogP contribution >= 0.6 is 11.3 Å². The predicted octanol–water partition coefficient (Wildman–Crippen LogP) is 3.19. The van der Waals surface area contributed by atoms with Gasteiger partial charge in [0.2, 0.25) is 11.8 Å². The number of Topliss-reactive ketones (excluding diaryl/α,β-unsaturated/α-hetero) is 1. The van der Waals surface area contributed by atoms with Crippen LogP contribution in [0.15, 0.2) is 47.8 Å². The highest BCUT2D eigenvalue weighted by Crippen LogP contribution is 2.50. The molecular weight excluding hydrogens is 372 g/mol. The molecule has 28 heavy (non-hydrogen) atoms. The van der Waals surface area contributed by atoms with Gasteiger partial charge in [0, 0.05) is 61.3 Å². The number of hydrogen-bond acceptors (Lipinski definition) is 4. The van der Waals surface area contributed by atoms with Crippen LogP contribution in [-0.4, -0.2) is 53.6 Å². The van der Waals surface area contributed by atoms with Crippen molar-refractivity contribution in [3.8, 4) is 0 Å². The first-order valence-electron chi connectivity index (χ1n) is 9.81. The van der Waals surface area contributed by atoms with Gasteiger partial charge in [-0.2, -0.15) is 0 Å². The van der Waals surface area contributed by atoms with Gasteiger partial charge in [0.15, 0.2) is 5.78 Å². The molecule has 1 aliphatic heterocycles. The summed E-state index contributed by atoms with van der Waals surface area (Å²) in [6.45, 7) is 2.29. The van der Waals surface area contributed by atoms with Crippen LogP contribution in [0.2, 0.25) is 0 Å². The van der Waals surface area contributed by atoms with Gasteiger partial charge in [0.1, 0.15) is 0 Å². The zero-order chi connectivity index (χ0) is 19.5. The van der Waals surface area contributed by atoms with E-state index >= 15 is 0 Å². The van der Waals surface area contributed by atoms with E-state index in [2.05, 4.69) is 11.4 Å². The molecule has 1 aromatic heterocycles. The molecule has 2 atom stereocenters. The van der Waals surface area contributed by atoms with Crippen molar-refractivity contribution < 1.29 is 14.4 Å². The molecule has 2 aliphatic rings. The molecule has 4 rings (SSSR count). The van der Waals surface area contributed by atoms with Crippen molar-refractivity contribution in [2.24, 2.45) is 5.92 Å². The van der Waals surface area contributed by atoms with E-state index in [1.54, 1.807) is 28.4 Å². The largest absolute Gasteiger partial charge is 0.339 e. The van der Waals surface area contributed by atoms with Crippen molar-refractivity contribution in [2.45, 2.75) is 25.2 Å². The SMILES string of the molecule is O=C(CCC(=O)N1CCN(C(=O)[C@@H]2C[C@@H]2c2cccs2)CC1)c1ccccc1. The fourth-order valence-corrected chi connectivity index (χ4v) is 4.75. The van der Waals surface area contributed by atoms with Crippen molar-refractivity contribution in [3.63, 3.8) is 0 Å². The molecule has 146 valence electrons. The molecule has 0 unspecified atom stereocenters. The summed E-state index contributed by atoms with van der Waals surface area (Å²) >= 11 is 1.72. The Balaban J connectivity index is 1.21. The Bertz CT molecular complexity index is 842. The maximum absolute atomic E-state index is 12.7. The number of hydrogen-bond donors (Lipinski definition) is 0.